The number of rotatable bonds is 12. The molecule has 0 heterocycles. The molecule has 4 rings (SSSR count). The van der Waals surface area contributed by atoms with Crippen molar-refractivity contribution < 1.29 is 14.4 Å². The van der Waals surface area contributed by atoms with Gasteiger partial charge in [-0.2, -0.15) is 0 Å². The molecule has 6 nitrogen and oxygen atoms in total. The molecule has 0 aromatic heterocycles. The molecule has 0 aliphatic heterocycles. The summed E-state index contributed by atoms with van der Waals surface area (Å²) in [6, 6.07) is 5.45. The minimum Gasteiger partial charge on any atom is -0.366 e. The second kappa shape index (κ2) is 15.7. The molecule has 3 N–H and O–H groups in total. The van der Waals surface area contributed by atoms with Gasteiger partial charge in [0.1, 0.15) is 0 Å². The molecular weight excluding hydrogens is 594 g/mol. The first-order chi connectivity index (χ1) is 22.5. The summed E-state index contributed by atoms with van der Waals surface area (Å²) >= 11 is 0. The number of anilines is 1. The van der Waals surface area contributed by atoms with Gasteiger partial charge >= 0.3 is 0 Å². The van der Waals surface area contributed by atoms with Crippen LogP contribution in [-0.4, -0.2) is 34.7 Å². The van der Waals surface area contributed by atoms with Gasteiger partial charge in [-0.05, 0) is 129 Å². The van der Waals surface area contributed by atoms with Gasteiger partial charge in [-0.25, -0.2) is 0 Å². The molecule has 3 amide bonds. The standard InChI is InChI=1S/C42H69N3O3/c1-10-40(4,5)31-15-13-28(14-16-31)38(47)44-34-26-29(37(43)46)25-30(27-34)39(48)45(35-21-17-32(18-22-35)41(6,7)11-2)36-23-19-33(20-24-36)42(8,9)12-3/h25-28,31-33,35-36H,10-24H2,1-9H3,(H2,43,46)(H,44,47)/t28-,31+,32-,33-,35+,36+. The first-order valence-corrected chi connectivity index (χ1v) is 19.6. The quantitative estimate of drug-likeness (QED) is 0.233. The Kier molecular flexibility index (Phi) is 12.5. The third kappa shape index (κ3) is 8.85. The van der Waals surface area contributed by atoms with Gasteiger partial charge in [-0.15, -0.1) is 0 Å². The summed E-state index contributed by atoms with van der Waals surface area (Å²) < 4.78 is 0. The van der Waals surface area contributed by atoms with Crippen LogP contribution in [0.25, 0.3) is 0 Å². The summed E-state index contributed by atoms with van der Waals surface area (Å²) in [5.74, 6) is 1.28. The SMILES string of the molecule is CCC(C)(C)[C@H]1CC[C@@H](C(=O)Nc2cc(C(N)=O)cc(C(=O)N([C@H]3CC[C@@H](C(C)(C)CC)CC3)[C@H]3CC[C@@H](C(C)(C)CC)CC3)c2)CC1. The number of nitrogens with two attached hydrogens (primary N) is 1. The van der Waals surface area contributed by atoms with Crippen LogP contribution < -0.4 is 11.1 Å². The fourth-order valence-corrected chi connectivity index (χ4v) is 9.26. The number of nitrogens with zero attached hydrogens (tertiary/aromatic N) is 1. The molecular formula is C42H69N3O3. The first kappa shape index (κ1) is 38.4. The maximum atomic E-state index is 14.7. The van der Waals surface area contributed by atoms with Gasteiger partial charge in [0.2, 0.25) is 11.8 Å². The summed E-state index contributed by atoms with van der Waals surface area (Å²) in [4.78, 5) is 43.0. The van der Waals surface area contributed by atoms with Crippen molar-refractivity contribution in [3.05, 3.63) is 29.3 Å². The molecule has 6 heteroatoms. The highest BCUT2D eigenvalue weighted by molar-refractivity contribution is 6.02. The van der Waals surface area contributed by atoms with Crippen LogP contribution in [0.1, 0.15) is 179 Å². The minimum absolute atomic E-state index is 0.0200. The molecule has 3 fully saturated rings. The highest BCUT2D eigenvalue weighted by Gasteiger charge is 2.41. The van der Waals surface area contributed by atoms with Crippen molar-refractivity contribution in [1.29, 1.82) is 0 Å². The summed E-state index contributed by atoms with van der Waals surface area (Å²) in [7, 11) is 0. The van der Waals surface area contributed by atoms with Gasteiger partial charge in [-0.3, -0.25) is 14.4 Å². The van der Waals surface area contributed by atoms with Crippen molar-refractivity contribution in [2.45, 2.75) is 171 Å². The van der Waals surface area contributed by atoms with E-state index in [1.807, 2.05) is 0 Å². The molecule has 3 aliphatic rings. The summed E-state index contributed by atoms with van der Waals surface area (Å²) in [6.45, 7) is 21.1. The fraction of sp³-hybridized carbons (Fsp3) is 0.786. The number of carbonyl (C=O) groups is 3. The normalized spacial score (nSPS) is 27.3. The number of hydrogen-bond acceptors (Lipinski definition) is 3. The third-order valence-corrected chi connectivity index (χ3v) is 14.3. The monoisotopic (exact) mass is 664 g/mol. The van der Waals surface area contributed by atoms with Gasteiger partial charge in [-0.1, -0.05) is 81.6 Å². The van der Waals surface area contributed by atoms with Crippen LogP contribution in [0, 0.1) is 39.9 Å². The lowest BCUT2D eigenvalue weighted by atomic mass is 9.67. The van der Waals surface area contributed by atoms with Crippen molar-refractivity contribution in [3.63, 3.8) is 0 Å². The highest BCUT2D eigenvalue weighted by Crippen LogP contribution is 2.46. The average molecular weight is 664 g/mol. The fourth-order valence-electron chi connectivity index (χ4n) is 9.26. The van der Waals surface area contributed by atoms with Crippen molar-refractivity contribution in [1.82, 2.24) is 4.90 Å². The summed E-state index contributed by atoms with van der Waals surface area (Å²) in [5, 5.41) is 3.11. The van der Waals surface area contributed by atoms with E-state index in [4.69, 9.17) is 5.73 Å². The van der Waals surface area contributed by atoms with E-state index in [-0.39, 0.29) is 40.8 Å². The zero-order chi connectivity index (χ0) is 35.4. The Hall–Kier alpha value is -2.37. The van der Waals surface area contributed by atoms with Crippen LogP contribution in [-0.2, 0) is 4.79 Å². The molecule has 0 unspecified atom stereocenters. The number of nitrogens with one attached hydrogen (secondary N) is 1. The molecule has 0 bridgehead atoms. The Morgan fingerprint density at radius 1 is 0.625 bits per heavy atom. The third-order valence-electron chi connectivity index (χ3n) is 14.3. The second-order valence-corrected chi connectivity index (χ2v) is 18.0. The number of primary amides is 1. The van der Waals surface area contributed by atoms with Gasteiger partial charge < -0.3 is 16.0 Å². The summed E-state index contributed by atoms with van der Waals surface area (Å²) in [6.07, 6.45) is 15.9. The maximum absolute atomic E-state index is 14.7. The van der Waals surface area contributed by atoms with Gasteiger partial charge in [0.15, 0.2) is 0 Å². The molecule has 0 spiro atoms. The molecule has 0 saturated heterocycles. The van der Waals surface area contributed by atoms with Crippen LogP contribution in [0.4, 0.5) is 5.69 Å². The lowest BCUT2D eigenvalue weighted by Crippen LogP contribution is -2.51. The van der Waals surface area contributed by atoms with Crippen molar-refractivity contribution in [3.8, 4) is 0 Å². The van der Waals surface area contributed by atoms with Crippen LogP contribution in [0.15, 0.2) is 18.2 Å². The number of hydrogen-bond donors (Lipinski definition) is 2. The average Bonchev–Trinajstić information content (AvgIpc) is 3.08. The molecule has 270 valence electrons. The van der Waals surface area contributed by atoms with Crippen LogP contribution in [0.2, 0.25) is 0 Å². The Balaban J connectivity index is 1.57. The van der Waals surface area contributed by atoms with Gasteiger partial charge in [0.25, 0.3) is 5.91 Å². The maximum Gasteiger partial charge on any atom is 0.254 e. The second-order valence-electron chi connectivity index (χ2n) is 18.0. The molecule has 0 atom stereocenters. The lowest BCUT2D eigenvalue weighted by molar-refractivity contribution is -0.121. The van der Waals surface area contributed by atoms with E-state index in [0.717, 1.165) is 96.3 Å². The van der Waals surface area contributed by atoms with E-state index in [1.165, 1.54) is 0 Å². The molecule has 1 aromatic carbocycles. The number of carbonyl (C=O) groups excluding carboxylic acids is 3. The Bertz CT molecular complexity index is 1220. The van der Waals surface area contributed by atoms with Crippen LogP contribution >= 0.6 is 0 Å². The Morgan fingerprint density at radius 3 is 1.38 bits per heavy atom. The number of amides is 3. The zero-order valence-electron chi connectivity index (χ0n) is 32.1. The van der Waals surface area contributed by atoms with E-state index in [1.54, 1.807) is 18.2 Å². The van der Waals surface area contributed by atoms with Crippen molar-refractivity contribution in [2.75, 3.05) is 5.32 Å². The van der Waals surface area contributed by atoms with Crippen molar-refractivity contribution >= 4 is 23.4 Å². The van der Waals surface area contributed by atoms with E-state index < -0.39 is 5.91 Å². The highest BCUT2D eigenvalue weighted by atomic mass is 16.2. The predicted molar refractivity (Wildman–Crippen MR) is 199 cm³/mol. The van der Waals surface area contributed by atoms with E-state index >= 15 is 0 Å². The molecule has 48 heavy (non-hydrogen) atoms. The largest absolute Gasteiger partial charge is 0.366 e. The van der Waals surface area contributed by atoms with Crippen LogP contribution in [0.3, 0.4) is 0 Å². The van der Waals surface area contributed by atoms with Gasteiger partial charge in [0.05, 0.1) is 0 Å². The molecule has 1 aromatic rings. The smallest absolute Gasteiger partial charge is 0.254 e. The minimum atomic E-state index is -0.585. The predicted octanol–water partition coefficient (Wildman–Crippen LogP) is 10.4. The lowest BCUT2D eigenvalue weighted by Gasteiger charge is -2.47. The van der Waals surface area contributed by atoms with Crippen molar-refractivity contribution in [2.24, 2.45) is 45.7 Å². The Morgan fingerprint density at radius 2 is 1.00 bits per heavy atom. The summed E-state index contributed by atoms with van der Waals surface area (Å²) in [5.41, 5.74) is 7.94. The van der Waals surface area contributed by atoms with Gasteiger partial charge in [0, 0.05) is 34.8 Å². The number of benzene rings is 1. The van der Waals surface area contributed by atoms with E-state index in [0.29, 0.717) is 39.8 Å². The molecule has 3 aliphatic carbocycles. The molecule has 3 saturated carbocycles. The Labute approximate surface area is 293 Å². The van der Waals surface area contributed by atoms with E-state index in [2.05, 4.69) is 72.5 Å². The first-order valence-electron chi connectivity index (χ1n) is 19.6. The molecule has 0 radical (unpaired) electrons. The topological polar surface area (TPSA) is 92.5 Å². The van der Waals surface area contributed by atoms with E-state index in [9.17, 15) is 14.4 Å². The zero-order valence-corrected chi connectivity index (χ0v) is 32.1. The van der Waals surface area contributed by atoms with Crippen LogP contribution in [0.5, 0.6) is 0 Å².